The Labute approximate surface area is 193 Å². The Morgan fingerprint density at radius 1 is 0.970 bits per heavy atom. The molecule has 0 spiro atoms. The number of aliphatic hydroxyl groups excluding tert-OH is 2. The van der Waals surface area contributed by atoms with Crippen LogP contribution in [0.1, 0.15) is 39.0 Å². The molecule has 0 saturated carbocycles. The number of para-hydroxylation sites is 1. The minimum absolute atomic E-state index is 0.111. The molecule has 0 atom stereocenters. The van der Waals surface area contributed by atoms with Crippen molar-refractivity contribution in [3.05, 3.63) is 88.6 Å². The summed E-state index contributed by atoms with van der Waals surface area (Å²) >= 11 is 0. The molecular formula is C28H26N2O3. The number of rotatable bonds is 4. The van der Waals surface area contributed by atoms with Gasteiger partial charge >= 0.3 is 0 Å². The maximum Gasteiger partial charge on any atom is 0.166 e. The molecule has 3 aromatic carbocycles. The van der Waals surface area contributed by atoms with Crippen LogP contribution in [0.25, 0.3) is 21.9 Å². The number of ketones is 1. The number of hydrogen-bond donors (Lipinski definition) is 2. The SMILES string of the molecule is Cc1cc2cc(CO)c(CO)cc2c(-c2ccnc(N3CCC(=O)c4ccccc43)c2)c1C. The number of nitrogens with zero attached hydrogens (tertiary/aromatic N) is 2. The number of anilines is 2. The number of carbonyl (C=O) groups excluding carboxylic acids is 1. The van der Waals surface area contributed by atoms with E-state index in [4.69, 9.17) is 0 Å². The number of benzene rings is 3. The molecule has 0 aliphatic carbocycles. The van der Waals surface area contributed by atoms with Crippen LogP contribution in [0, 0.1) is 13.8 Å². The molecule has 1 aliphatic rings. The molecule has 33 heavy (non-hydrogen) atoms. The van der Waals surface area contributed by atoms with Gasteiger partial charge in [-0.2, -0.15) is 0 Å². The van der Waals surface area contributed by atoms with Gasteiger partial charge < -0.3 is 15.1 Å². The van der Waals surface area contributed by atoms with E-state index in [0.717, 1.165) is 61.2 Å². The number of Topliss-reactive ketones (excluding diaryl/α,β-unsaturated/α-hetero) is 1. The van der Waals surface area contributed by atoms with Crippen molar-refractivity contribution in [3.63, 3.8) is 0 Å². The zero-order valence-electron chi connectivity index (χ0n) is 18.8. The van der Waals surface area contributed by atoms with Crippen molar-refractivity contribution in [1.82, 2.24) is 4.98 Å². The fraction of sp³-hybridized carbons (Fsp3) is 0.214. The van der Waals surface area contributed by atoms with Crippen molar-refractivity contribution < 1.29 is 15.0 Å². The highest BCUT2D eigenvalue weighted by Gasteiger charge is 2.25. The Bertz CT molecular complexity index is 1390. The van der Waals surface area contributed by atoms with E-state index in [0.29, 0.717) is 13.0 Å². The molecule has 0 bridgehead atoms. The molecule has 5 heteroatoms. The second-order valence-electron chi connectivity index (χ2n) is 8.60. The van der Waals surface area contributed by atoms with E-state index >= 15 is 0 Å². The third kappa shape index (κ3) is 3.59. The van der Waals surface area contributed by atoms with E-state index in [9.17, 15) is 15.0 Å². The summed E-state index contributed by atoms with van der Waals surface area (Å²) in [6.45, 7) is 4.55. The quantitative estimate of drug-likeness (QED) is 0.457. The van der Waals surface area contributed by atoms with Crippen LogP contribution in [0.15, 0.2) is 60.8 Å². The molecule has 1 aliphatic heterocycles. The minimum Gasteiger partial charge on any atom is -0.392 e. The number of aryl methyl sites for hydroxylation is 1. The first-order valence-electron chi connectivity index (χ1n) is 11.2. The lowest BCUT2D eigenvalue weighted by Gasteiger charge is -2.30. The van der Waals surface area contributed by atoms with Crippen molar-refractivity contribution in [3.8, 4) is 11.1 Å². The number of hydrogen-bond acceptors (Lipinski definition) is 5. The highest BCUT2D eigenvalue weighted by Crippen LogP contribution is 2.38. The minimum atomic E-state index is -0.127. The van der Waals surface area contributed by atoms with E-state index in [-0.39, 0.29) is 19.0 Å². The maximum absolute atomic E-state index is 12.4. The number of aromatic nitrogens is 1. The first-order valence-corrected chi connectivity index (χ1v) is 11.2. The van der Waals surface area contributed by atoms with Crippen LogP contribution >= 0.6 is 0 Å². The molecule has 0 unspecified atom stereocenters. The van der Waals surface area contributed by atoms with Crippen LogP contribution in [0.2, 0.25) is 0 Å². The number of aliphatic hydroxyl groups is 2. The topological polar surface area (TPSA) is 73.7 Å². The van der Waals surface area contributed by atoms with E-state index < -0.39 is 0 Å². The molecular weight excluding hydrogens is 412 g/mol. The summed E-state index contributed by atoms with van der Waals surface area (Å²) in [6, 6.07) is 17.8. The normalized spacial score (nSPS) is 13.5. The Kier molecular flexibility index (Phi) is 5.44. The van der Waals surface area contributed by atoms with Crippen molar-refractivity contribution >= 4 is 28.1 Å². The van der Waals surface area contributed by atoms with Crippen molar-refractivity contribution in [2.45, 2.75) is 33.5 Å². The number of fused-ring (bicyclic) bond motifs is 2. The van der Waals surface area contributed by atoms with Gasteiger partial charge in [-0.3, -0.25) is 4.79 Å². The van der Waals surface area contributed by atoms with E-state index in [2.05, 4.69) is 35.9 Å². The highest BCUT2D eigenvalue weighted by molar-refractivity contribution is 6.04. The fourth-order valence-corrected chi connectivity index (χ4v) is 4.82. The predicted octanol–water partition coefficient (Wildman–Crippen LogP) is 5.23. The number of carbonyl (C=O) groups is 1. The van der Waals surface area contributed by atoms with Crippen LogP contribution in [-0.2, 0) is 13.2 Å². The standard InChI is InChI=1S/C28H26N2O3/c1-17-11-20-12-21(15-31)22(16-32)13-24(20)28(18(17)2)19-7-9-29-27(14-19)30-10-8-26(33)23-5-3-4-6-25(23)30/h3-7,9,11-14,31-32H,8,10,15-16H2,1-2H3. The first kappa shape index (κ1) is 21.3. The lowest BCUT2D eigenvalue weighted by Crippen LogP contribution is -2.28. The maximum atomic E-state index is 12.4. The summed E-state index contributed by atoms with van der Waals surface area (Å²) in [6.07, 6.45) is 2.27. The molecule has 0 saturated heterocycles. The lowest BCUT2D eigenvalue weighted by atomic mass is 9.89. The molecule has 0 fully saturated rings. The van der Waals surface area contributed by atoms with Crippen LogP contribution in [0.3, 0.4) is 0 Å². The molecule has 1 aromatic heterocycles. The summed E-state index contributed by atoms with van der Waals surface area (Å²) in [4.78, 5) is 19.2. The average molecular weight is 439 g/mol. The van der Waals surface area contributed by atoms with Crippen LogP contribution in [0.5, 0.6) is 0 Å². The van der Waals surface area contributed by atoms with Gasteiger partial charge in [-0.1, -0.05) is 18.2 Å². The largest absolute Gasteiger partial charge is 0.392 e. The third-order valence-corrected chi connectivity index (χ3v) is 6.69. The van der Waals surface area contributed by atoms with Gasteiger partial charge in [0.2, 0.25) is 0 Å². The summed E-state index contributed by atoms with van der Waals surface area (Å²) in [5.41, 5.74) is 7.53. The molecule has 5 nitrogen and oxygen atoms in total. The second kappa shape index (κ2) is 8.43. The molecule has 2 heterocycles. The lowest BCUT2D eigenvalue weighted by molar-refractivity contribution is 0.0981. The van der Waals surface area contributed by atoms with Crippen molar-refractivity contribution in [2.75, 3.05) is 11.4 Å². The number of pyridine rings is 1. The van der Waals surface area contributed by atoms with E-state index in [1.54, 1.807) is 0 Å². The van der Waals surface area contributed by atoms with Crippen LogP contribution in [-0.4, -0.2) is 27.5 Å². The van der Waals surface area contributed by atoms with Gasteiger partial charge in [-0.15, -0.1) is 0 Å². The van der Waals surface area contributed by atoms with Crippen LogP contribution in [0.4, 0.5) is 11.5 Å². The van der Waals surface area contributed by atoms with Gasteiger partial charge in [0, 0.05) is 24.7 Å². The average Bonchev–Trinajstić information content (AvgIpc) is 2.84. The zero-order valence-corrected chi connectivity index (χ0v) is 18.8. The molecule has 166 valence electrons. The van der Waals surface area contributed by atoms with Gasteiger partial charge in [0.25, 0.3) is 0 Å². The van der Waals surface area contributed by atoms with Crippen molar-refractivity contribution in [2.24, 2.45) is 0 Å². The fourth-order valence-electron chi connectivity index (χ4n) is 4.82. The zero-order chi connectivity index (χ0) is 23.1. The molecule has 5 rings (SSSR count). The Morgan fingerprint density at radius 2 is 1.73 bits per heavy atom. The molecule has 0 radical (unpaired) electrons. The smallest absolute Gasteiger partial charge is 0.166 e. The van der Waals surface area contributed by atoms with E-state index in [1.807, 2.05) is 48.7 Å². The predicted molar refractivity (Wildman–Crippen MR) is 131 cm³/mol. The van der Waals surface area contributed by atoms with Gasteiger partial charge in [0.15, 0.2) is 5.78 Å². The Hall–Kier alpha value is -3.54. The van der Waals surface area contributed by atoms with Gasteiger partial charge in [0.1, 0.15) is 5.82 Å². The summed E-state index contributed by atoms with van der Waals surface area (Å²) in [7, 11) is 0. The van der Waals surface area contributed by atoms with Gasteiger partial charge in [0.05, 0.1) is 18.9 Å². The second-order valence-corrected chi connectivity index (χ2v) is 8.60. The Balaban J connectivity index is 1.70. The third-order valence-electron chi connectivity index (χ3n) is 6.69. The first-order chi connectivity index (χ1) is 16.0. The summed E-state index contributed by atoms with van der Waals surface area (Å²) in [5.74, 6) is 0.964. The summed E-state index contributed by atoms with van der Waals surface area (Å²) in [5, 5.41) is 21.7. The van der Waals surface area contributed by atoms with Gasteiger partial charge in [-0.25, -0.2) is 4.98 Å². The monoisotopic (exact) mass is 438 g/mol. The van der Waals surface area contributed by atoms with Crippen molar-refractivity contribution in [1.29, 1.82) is 0 Å². The Morgan fingerprint density at radius 3 is 2.52 bits per heavy atom. The molecule has 0 amide bonds. The molecule has 4 aromatic rings. The highest BCUT2D eigenvalue weighted by atomic mass is 16.3. The van der Waals surface area contributed by atoms with Gasteiger partial charge in [-0.05, 0) is 94.4 Å². The summed E-state index contributed by atoms with van der Waals surface area (Å²) < 4.78 is 0. The van der Waals surface area contributed by atoms with E-state index in [1.165, 1.54) is 0 Å². The molecule has 2 N–H and O–H groups in total. The van der Waals surface area contributed by atoms with Crippen LogP contribution < -0.4 is 4.90 Å².